The van der Waals surface area contributed by atoms with Crippen molar-refractivity contribution in [3.63, 3.8) is 0 Å². The molecule has 0 aliphatic heterocycles. The minimum atomic E-state index is -0.354. The summed E-state index contributed by atoms with van der Waals surface area (Å²) in [5.74, 6) is 0.214. The Morgan fingerprint density at radius 3 is 2.91 bits per heavy atom. The Kier molecular flexibility index (Phi) is 6.38. The molecule has 23 heavy (non-hydrogen) atoms. The second-order valence-electron chi connectivity index (χ2n) is 5.13. The summed E-state index contributed by atoms with van der Waals surface area (Å²) < 4.78 is 16.2. The highest BCUT2D eigenvalue weighted by atomic mass is 79.9. The van der Waals surface area contributed by atoms with E-state index in [0.717, 1.165) is 10.9 Å². The number of rotatable bonds is 5. The summed E-state index contributed by atoms with van der Waals surface area (Å²) in [6, 6.07) is 4.88. The van der Waals surface area contributed by atoms with E-state index in [1.54, 1.807) is 23.0 Å². The number of anilines is 1. The van der Waals surface area contributed by atoms with Crippen molar-refractivity contribution in [1.29, 1.82) is 0 Å². The van der Waals surface area contributed by atoms with Crippen LogP contribution in [0.2, 0.25) is 5.02 Å². The van der Waals surface area contributed by atoms with Crippen LogP contribution in [0.4, 0.5) is 10.2 Å². The quantitative estimate of drug-likeness (QED) is 0.697. The second-order valence-corrected chi connectivity index (χ2v) is 6.80. The zero-order valence-electron chi connectivity index (χ0n) is 12.7. The van der Waals surface area contributed by atoms with Crippen LogP contribution in [0.25, 0.3) is 0 Å². The van der Waals surface area contributed by atoms with Crippen LogP contribution < -0.4 is 10.6 Å². The number of benzene rings is 1. The van der Waals surface area contributed by atoms with E-state index in [1.165, 1.54) is 6.07 Å². The molecule has 0 fully saturated rings. The van der Waals surface area contributed by atoms with Gasteiger partial charge in [0.25, 0.3) is 0 Å². The van der Waals surface area contributed by atoms with E-state index in [1.807, 2.05) is 6.92 Å². The lowest BCUT2D eigenvalue weighted by Crippen LogP contribution is -2.35. The van der Waals surface area contributed by atoms with Gasteiger partial charge in [-0.2, -0.15) is 5.10 Å². The zero-order chi connectivity index (χ0) is 17.0. The molecule has 0 aliphatic rings. The van der Waals surface area contributed by atoms with E-state index in [2.05, 4.69) is 38.6 Å². The van der Waals surface area contributed by atoms with Crippen LogP contribution in [0, 0.1) is 5.82 Å². The summed E-state index contributed by atoms with van der Waals surface area (Å²) in [6.45, 7) is 4.35. The van der Waals surface area contributed by atoms with E-state index >= 15 is 0 Å². The van der Waals surface area contributed by atoms with Crippen molar-refractivity contribution in [1.82, 2.24) is 15.1 Å². The van der Waals surface area contributed by atoms with Gasteiger partial charge in [0.05, 0.1) is 11.0 Å². The molecule has 1 aromatic carbocycles. The molecule has 124 valence electrons. The minimum absolute atomic E-state index is 0.233. The van der Waals surface area contributed by atoms with Crippen molar-refractivity contribution in [2.45, 2.75) is 32.9 Å². The van der Waals surface area contributed by atoms with E-state index in [4.69, 9.17) is 23.8 Å². The highest BCUT2D eigenvalue weighted by Gasteiger charge is 2.12. The van der Waals surface area contributed by atoms with Crippen molar-refractivity contribution in [3.8, 4) is 0 Å². The lowest BCUT2D eigenvalue weighted by molar-refractivity contribution is 0.586. The summed E-state index contributed by atoms with van der Waals surface area (Å²) in [5, 5.41) is 11.4. The van der Waals surface area contributed by atoms with Gasteiger partial charge in [-0.25, -0.2) is 4.39 Å². The molecule has 2 N–H and O–H groups in total. The molecular weight excluding hydrogens is 403 g/mol. The molecule has 0 spiro atoms. The predicted molar refractivity (Wildman–Crippen MR) is 99.5 cm³/mol. The fraction of sp³-hybridized carbons (Fsp3) is 0.333. The van der Waals surface area contributed by atoms with Gasteiger partial charge in [0.15, 0.2) is 10.9 Å². The molecule has 0 radical (unpaired) electrons. The highest BCUT2D eigenvalue weighted by Crippen LogP contribution is 2.24. The van der Waals surface area contributed by atoms with Gasteiger partial charge < -0.3 is 10.6 Å². The topological polar surface area (TPSA) is 41.9 Å². The third-order valence-corrected chi connectivity index (χ3v) is 4.47. The predicted octanol–water partition coefficient (Wildman–Crippen LogP) is 4.57. The second kappa shape index (κ2) is 8.08. The van der Waals surface area contributed by atoms with Crippen LogP contribution in [-0.4, -0.2) is 20.9 Å². The van der Waals surface area contributed by atoms with Crippen LogP contribution in [-0.2, 0) is 6.54 Å². The third kappa shape index (κ3) is 4.89. The lowest BCUT2D eigenvalue weighted by atomic mass is 10.2. The summed E-state index contributed by atoms with van der Waals surface area (Å²) in [7, 11) is 0. The number of aromatic nitrogens is 2. The number of nitrogens with one attached hydrogen (secondary N) is 2. The largest absolute Gasteiger partial charge is 0.360 e. The van der Waals surface area contributed by atoms with Gasteiger partial charge in [-0.05, 0) is 53.6 Å². The first-order valence-electron chi connectivity index (χ1n) is 7.14. The molecule has 0 amide bonds. The number of thiocarbonyl (C=S) groups is 1. The Hall–Kier alpha value is -1.18. The first kappa shape index (κ1) is 18.2. The molecule has 1 atom stereocenters. The van der Waals surface area contributed by atoms with Gasteiger partial charge in [0.1, 0.15) is 5.82 Å². The molecule has 0 aliphatic carbocycles. The van der Waals surface area contributed by atoms with Gasteiger partial charge in [0, 0.05) is 22.8 Å². The molecule has 2 rings (SSSR count). The number of hydrogen-bond donors (Lipinski definition) is 2. The Balaban J connectivity index is 2.11. The molecule has 0 bridgehead atoms. The summed E-state index contributed by atoms with van der Waals surface area (Å²) in [5.41, 5.74) is 0.399. The van der Waals surface area contributed by atoms with Crippen LogP contribution in [0.15, 0.2) is 28.9 Å². The van der Waals surface area contributed by atoms with E-state index < -0.39 is 0 Å². The fourth-order valence-electron chi connectivity index (χ4n) is 1.88. The van der Waals surface area contributed by atoms with Gasteiger partial charge in [-0.3, -0.25) is 4.68 Å². The summed E-state index contributed by atoms with van der Waals surface area (Å²) >= 11 is 14.7. The van der Waals surface area contributed by atoms with Crippen molar-refractivity contribution in [3.05, 3.63) is 45.3 Å². The Bertz CT molecular complexity index is 687. The van der Waals surface area contributed by atoms with E-state index in [9.17, 15) is 4.39 Å². The zero-order valence-corrected chi connectivity index (χ0v) is 15.9. The highest BCUT2D eigenvalue weighted by molar-refractivity contribution is 9.10. The summed E-state index contributed by atoms with van der Waals surface area (Å²) in [4.78, 5) is 0. The van der Waals surface area contributed by atoms with Crippen LogP contribution in [0.5, 0.6) is 0 Å². The van der Waals surface area contributed by atoms with Gasteiger partial charge in [-0.1, -0.05) is 24.6 Å². The van der Waals surface area contributed by atoms with E-state index in [0.29, 0.717) is 21.5 Å². The van der Waals surface area contributed by atoms with Crippen molar-refractivity contribution < 1.29 is 4.39 Å². The summed E-state index contributed by atoms with van der Waals surface area (Å²) in [6.07, 6.45) is 2.71. The molecule has 0 saturated heterocycles. The fourth-order valence-corrected chi connectivity index (χ4v) is 2.81. The first-order chi connectivity index (χ1) is 10.9. The monoisotopic (exact) mass is 418 g/mol. The maximum absolute atomic E-state index is 13.9. The van der Waals surface area contributed by atoms with Gasteiger partial charge in [0.2, 0.25) is 0 Å². The molecule has 8 heteroatoms. The van der Waals surface area contributed by atoms with Crippen LogP contribution in [0.1, 0.15) is 25.8 Å². The Morgan fingerprint density at radius 2 is 2.26 bits per heavy atom. The Labute approximate surface area is 153 Å². The molecule has 1 aromatic heterocycles. The molecule has 0 saturated carbocycles. The Morgan fingerprint density at radius 1 is 1.52 bits per heavy atom. The van der Waals surface area contributed by atoms with Crippen LogP contribution in [0.3, 0.4) is 0 Å². The number of halogens is 3. The third-order valence-electron chi connectivity index (χ3n) is 3.32. The average Bonchev–Trinajstić information content (AvgIpc) is 2.82. The normalized spacial score (nSPS) is 12.0. The van der Waals surface area contributed by atoms with Gasteiger partial charge >= 0.3 is 0 Å². The molecule has 1 heterocycles. The lowest BCUT2D eigenvalue weighted by Gasteiger charge is -2.14. The first-order valence-corrected chi connectivity index (χ1v) is 8.72. The van der Waals surface area contributed by atoms with Crippen LogP contribution >= 0.6 is 39.7 Å². The average molecular weight is 420 g/mol. The number of hydrogen-bond acceptors (Lipinski definition) is 2. The minimum Gasteiger partial charge on any atom is -0.360 e. The molecular formula is C15H17BrClFN4S. The van der Waals surface area contributed by atoms with Gasteiger partial charge in [-0.15, -0.1) is 0 Å². The smallest absolute Gasteiger partial charge is 0.172 e. The maximum Gasteiger partial charge on any atom is 0.172 e. The van der Waals surface area contributed by atoms with E-state index in [-0.39, 0.29) is 18.4 Å². The molecule has 2 aromatic rings. The standard InChI is InChI=1S/C15H17BrClFN4S/c1-3-9(2)19-15(23)20-14-11(16)8-22(21-14)7-10-12(17)5-4-6-13(10)18/h4-6,8-9H,3,7H2,1-2H3,(H2,19,20,21,23). The molecule has 1 unspecified atom stereocenters. The van der Waals surface area contributed by atoms with Crippen molar-refractivity contribution in [2.24, 2.45) is 0 Å². The van der Waals surface area contributed by atoms with Crippen molar-refractivity contribution >= 4 is 50.7 Å². The van der Waals surface area contributed by atoms with Crippen molar-refractivity contribution in [2.75, 3.05) is 5.32 Å². The molecule has 4 nitrogen and oxygen atoms in total. The SMILES string of the molecule is CCC(C)NC(=S)Nc1nn(Cc2c(F)cccc2Cl)cc1Br. The number of nitrogens with zero attached hydrogens (tertiary/aromatic N) is 2. The maximum atomic E-state index is 13.9.